The van der Waals surface area contributed by atoms with Gasteiger partial charge in [0.15, 0.2) is 0 Å². The maximum atomic E-state index is 4.33. The molecule has 3 rings (SSSR count). The Hall–Kier alpha value is -1.83. The van der Waals surface area contributed by atoms with Gasteiger partial charge in [0.25, 0.3) is 0 Å². The fourth-order valence-electron chi connectivity index (χ4n) is 1.65. The van der Waals surface area contributed by atoms with Gasteiger partial charge in [0, 0.05) is 23.3 Å². The summed E-state index contributed by atoms with van der Waals surface area (Å²) in [4.78, 5) is 4.33. The topological polar surface area (TPSA) is 17.3 Å². The van der Waals surface area contributed by atoms with E-state index in [1.807, 2.05) is 30.6 Å². The highest BCUT2D eigenvalue weighted by Gasteiger charge is 1.99. The van der Waals surface area contributed by atoms with Gasteiger partial charge in [-0.05, 0) is 30.3 Å². The zero-order valence-corrected chi connectivity index (χ0v) is 7.01. The highest BCUT2D eigenvalue weighted by molar-refractivity contribution is 5.83. The summed E-state index contributed by atoms with van der Waals surface area (Å²) in [5.74, 6) is 0. The van der Waals surface area contributed by atoms with E-state index in [-0.39, 0.29) is 0 Å². The molecule has 0 atom stereocenters. The van der Waals surface area contributed by atoms with Crippen molar-refractivity contribution in [2.75, 3.05) is 0 Å². The van der Waals surface area contributed by atoms with Crippen molar-refractivity contribution in [1.82, 2.24) is 9.38 Å². The van der Waals surface area contributed by atoms with Crippen molar-refractivity contribution in [2.24, 2.45) is 0 Å². The summed E-state index contributed by atoms with van der Waals surface area (Å²) in [7, 11) is 0. The Morgan fingerprint density at radius 2 is 2.08 bits per heavy atom. The molecule has 3 aromatic heterocycles. The fraction of sp³-hybridized carbons (Fsp3) is 0. The average molecular weight is 168 g/mol. The van der Waals surface area contributed by atoms with Crippen molar-refractivity contribution < 1.29 is 0 Å². The van der Waals surface area contributed by atoms with E-state index in [1.54, 1.807) is 0 Å². The molecule has 0 saturated carbocycles. The van der Waals surface area contributed by atoms with E-state index in [0.29, 0.717) is 0 Å². The summed E-state index contributed by atoms with van der Waals surface area (Å²) in [5.41, 5.74) is 2.22. The number of nitrogens with zero attached hydrogens (tertiary/aromatic N) is 2. The molecule has 2 nitrogen and oxygen atoms in total. The summed E-state index contributed by atoms with van der Waals surface area (Å²) in [5, 5.41) is 1.19. The molecule has 0 aromatic carbocycles. The van der Waals surface area contributed by atoms with Gasteiger partial charge in [-0.2, -0.15) is 0 Å². The normalized spacial score (nSPS) is 11.1. The Bertz CT molecular complexity index is 516. The quantitative estimate of drug-likeness (QED) is 0.504. The molecule has 3 heterocycles. The van der Waals surface area contributed by atoms with Gasteiger partial charge < -0.3 is 4.40 Å². The average Bonchev–Trinajstić information content (AvgIpc) is 2.56. The van der Waals surface area contributed by atoms with Crippen LogP contribution in [0.15, 0.2) is 48.8 Å². The molecular weight excluding hydrogens is 160 g/mol. The minimum atomic E-state index is 1.03. The Labute approximate surface area is 75.5 Å². The number of rotatable bonds is 0. The molecule has 0 aliphatic heterocycles. The van der Waals surface area contributed by atoms with Crippen LogP contribution in [-0.4, -0.2) is 9.38 Å². The molecule has 0 saturated heterocycles. The SMILES string of the molecule is c1cnc2c(c1)cc1ccccn12. The van der Waals surface area contributed by atoms with Crippen molar-refractivity contribution in [3.8, 4) is 0 Å². The maximum absolute atomic E-state index is 4.33. The molecule has 0 N–H and O–H groups in total. The first kappa shape index (κ1) is 6.66. The minimum absolute atomic E-state index is 1.03. The van der Waals surface area contributed by atoms with E-state index in [2.05, 4.69) is 27.6 Å². The third-order valence-corrected chi connectivity index (χ3v) is 2.24. The van der Waals surface area contributed by atoms with E-state index in [4.69, 9.17) is 0 Å². The lowest BCUT2D eigenvalue weighted by molar-refractivity contribution is 1.20. The van der Waals surface area contributed by atoms with Gasteiger partial charge in [-0.3, -0.25) is 0 Å². The number of hydrogen-bond donors (Lipinski definition) is 0. The molecule has 0 spiro atoms. The summed E-state index contributed by atoms with van der Waals surface area (Å²) in [6.45, 7) is 0. The van der Waals surface area contributed by atoms with Gasteiger partial charge in [0.2, 0.25) is 0 Å². The molecule has 0 fully saturated rings. The number of pyridine rings is 2. The largest absolute Gasteiger partial charge is 0.301 e. The summed E-state index contributed by atoms with van der Waals surface area (Å²) >= 11 is 0. The molecule has 62 valence electrons. The molecule has 0 radical (unpaired) electrons. The molecule has 2 heteroatoms. The Morgan fingerprint density at radius 3 is 3.08 bits per heavy atom. The van der Waals surface area contributed by atoms with E-state index < -0.39 is 0 Å². The first-order valence-electron chi connectivity index (χ1n) is 4.26. The van der Waals surface area contributed by atoms with Crippen LogP contribution in [0, 0.1) is 0 Å². The van der Waals surface area contributed by atoms with Crippen molar-refractivity contribution >= 4 is 16.6 Å². The monoisotopic (exact) mass is 168 g/mol. The first-order chi connectivity index (χ1) is 6.45. The van der Waals surface area contributed by atoms with Crippen molar-refractivity contribution in [2.45, 2.75) is 0 Å². The smallest absolute Gasteiger partial charge is 0.144 e. The number of hydrogen-bond acceptors (Lipinski definition) is 1. The second-order valence-electron chi connectivity index (χ2n) is 3.06. The molecule has 13 heavy (non-hydrogen) atoms. The minimum Gasteiger partial charge on any atom is -0.301 e. The zero-order valence-electron chi connectivity index (χ0n) is 7.01. The molecule has 3 aromatic rings. The lowest BCUT2D eigenvalue weighted by Gasteiger charge is -1.93. The molecule has 0 bridgehead atoms. The second-order valence-corrected chi connectivity index (χ2v) is 3.06. The fourth-order valence-corrected chi connectivity index (χ4v) is 1.65. The van der Waals surface area contributed by atoms with Gasteiger partial charge in [0.1, 0.15) is 5.65 Å². The Kier molecular flexibility index (Phi) is 1.19. The van der Waals surface area contributed by atoms with Gasteiger partial charge in [0.05, 0.1) is 0 Å². The van der Waals surface area contributed by atoms with Crippen LogP contribution in [0.4, 0.5) is 0 Å². The highest BCUT2D eigenvalue weighted by Crippen LogP contribution is 2.16. The van der Waals surface area contributed by atoms with Gasteiger partial charge in [-0.25, -0.2) is 4.98 Å². The molecule has 0 amide bonds. The lowest BCUT2D eigenvalue weighted by Crippen LogP contribution is -1.83. The Balaban J connectivity index is 2.64. The van der Waals surface area contributed by atoms with E-state index in [1.165, 1.54) is 10.9 Å². The molecular formula is C11H8N2. The summed E-state index contributed by atoms with van der Waals surface area (Å²) < 4.78 is 2.09. The van der Waals surface area contributed by atoms with Gasteiger partial charge in [-0.1, -0.05) is 6.07 Å². The van der Waals surface area contributed by atoms with Crippen LogP contribution in [0.2, 0.25) is 0 Å². The molecule has 0 aliphatic rings. The van der Waals surface area contributed by atoms with E-state index >= 15 is 0 Å². The van der Waals surface area contributed by atoms with Crippen LogP contribution < -0.4 is 0 Å². The van der Waals surface area contributed by atoms with Crippen LogP contribution in [0.25, 0.3) is 16.6 Å². The van der Waals surface area contributed by atoms with Crippen molar-refractivity contribution in [1.29, 1.82) is 0 Å². The van der Waals surface area contributed by atoms with Crippen LogP contribution in [-0.2, 0) is 0 Å². The van der Waals surface area contributed by atoms with E-state index in [0.717, 1.165) is 5.65 Å². The van der Waals surface area contributed by atoms with Crippen LogP contribution in [0.1, 0.15) is 0 Å². The van der Waals surface area contributed by atoms with Crippen LogP contribution in [0.5, 0.6) is 0 Å². The molecule has 0 unspecified atom stereocenters. The van der Waals surface area contributed by atoms with Crippen molar-refractivity contribution in [3.63, 3.8) is 0 Å². The number of fused-ring (bicyclic) bond motifs is 3. The predicted molar refractivity (Wildman–Crippen MR) is 52.7 cm³/mol. The standard InChI is InChI=1S/C11H8N2/c1-2-7-13-10(5-1)8-9-4-3-6-12-11(9)13/h1-8H. The zero-order chi connectivity index (χ0) is 8.67. The predicted octanol–water partition coefficient (Wildman–Crippen LogP) is 2.49. The van der Waals surface area contributed by atoms with Crippen molar-refractivity contribution in [3.05, 3.63) is 48.8 Å². The second kappa shape index (κ2) is 2.33. The first-order valence-corrected chi connectivity index (χ1v) is 4.26. The number of aromatic nitrogens is 2. The Morgan fingerprint density at radius 1 is 1.08 bits per heavy atom. The van der Waals surface area contributed by atoms with Gasteiger partial charge in [-0.15, -0.1) is 0 Å². The third kappa shape index (κ3) is 0.855. The van der Waals surface area contributed by atoms with E-state index in [9.17, 15) is 0 Å². The van der Waals surface area contributed by atoms with Crippen LogP contribution >= 0.6 is 0 Å². The van der Waals surface area contributed by atoms with Gasteiger partial charge >= 0.3 is 0 Å². The lowest BCUT2D eigenvalue weighted by atomic mass is 10.3. The third-order valence-electron chi connectivity index (χ3n) is 2.24. The molecule has 0 aliphatic carbocycles. The summed E-state index contributed by atoms with van der Waals surface area (Å²) in [6, 6.07) is 12.3. The highest BCUT2D eigenvalue weighted by atomic mass is 15.0. The van der Waals surface area contributed by atoms with Crippen LogP contribution in [0.3, 0.4) is 0 Å². The summed E-state index contributed by atoms with van der Waals surface area (Å²) in [6.07, 6.45) is 3.85. The maximum Gasteiger partial charge on any atom is 0.144 e.